The highest BCUT2D eigenvalue weighted by Gasteiger charge is 2.36. The monoisotopic (exact) mass is 371 g/mol. The summed E-state index contributed by atoms with van der Waals surface area (Å²) in [5, 5.41) is 3.33. The highest BCUT2D eigenvalue weighted by atomic mass is 16.2. The van der Waals surface area contributed by atoms with Crippen molar-refractivity contribution in [3.05, 3.63) is 24.5 Å². The quantitative estimate of drug-likeness (QED) is 0.842. The number of carbonyl (C=O) groups excluding carboxylic acids is 2. The summed E-state index contributed by atoms with van der Waals surface area (Å²) in [6.07, 6.45) is 6.55. The highest BCUT2D eigenvalue weighted by molar-refractivity contribution is 5.83. The van der Waals surface area contributed by atoms with Crippen molar-refractivity contribution in [3.8, 4) is 0 Å². The van der Waals surface area contributed by atoms with E-state index in [1.807, 2.05) is 22.1 Å². The van der Waals surface area contributed by atoms with E-state index in [0.717, 1.165) is 57.8 Å². The van der Waals surface area contributed by atoms with Crippen molar-refractivity contribution in [2.24, 2.45) is 11.8 Å². The van der Waals surface area contributed by atoms with Crippen molar-refractivity contribution in [3.63, 3.8) is 0 Å². The van der Waals surface area contributed by atoms with Gasteiger partial charge in [-0.3, -0.25) is 14.6 Å². The summed E-state index contributed by atoms with van der Waals surface area (Å²) in [6.45, 7) is 6.26. The number of likely N-dealkylation sites (tertiary alicyclic amines) is 1. The van der Waals surface area contributed by atoms with E-state index in [2.05, 4.69) is 21.3 Å². The molecule has 3 saturated heterocycles. The van der Waals surface area contributed by atoms with Crippen molar-refractivity contribution in [2.45, 2.75) is 19.3 Å². The third kappa shape index (κ3) is 4.08. The molecule has 3 fully saturated rings. The lowest BCUT2D eigenvalue weighted by Crippen LogP contribution is -2.54. The van der Waals surface area contributed by atoms with Crippen LogP contribution < -0.4 is 10.2 Å². The zero-order valence-electron chi connectivity index (χ0n) is 15.8. The van der Waals surface area contributed by atoms with E-state index in [9.17, 15) is 9.59 Å². The number of piperidine rings is 1. The Bertz CT molecular complexity index is 654. The maximum absolute atomic E-state index is 13.0. The molecule has 146 valence electrons. The Balaban J connectivity index is 1.31. The van der Waals surface area contributed by atoms with Gasteiger partial charge in [-0.05, 0) is 31.4 Å². The zero-order chi connectivity index (χ0) is 18.6. The minimum Gasteiger partial charge on any atom is -0.367 e. The third-order valence-corrected chi connectivity index (χ3v) is 6.07. The maximum Gasteiger partial charge on any atom is 0.227 e. The van der Waals surface area contributed by atoms with E-state index in [-0.39, 0.29) is 23.7 Å². The van der Waals surface area contributed by atoms with Crippen molar-refractivity contribution in [1.82, 2.24) is 20.1 Å². The molecule has 0 bridgehead atoms. The summed E-state index contributed by atoms with van der Waals surface area (Å²) in [7, 11) is 0. The van der Waals surface area contributed by atoms with Gasteiger partial charge in [0.05, 0.1) is 23.7 Å². The summed E-state index contributed by atoms with van der Waals surface area (Å²) >= 11 is 0. The standard InChI is InChI=1S/C20H29N5O2/c26-19(24-6-1-2-7-24)16-12-17(14-22-13-16)20(27)25-10-8-23(9-11-25)18-4-3-5-21-15-18/h3-5,15-17,22H,1-2,6-14H2/t16-,17+/m1/s1. The third-order valence-electron chi connectivity index (χ3n) is 6.07. The van der Waals surface area contributed by atoms with Crippen molar-refractivity contribution in [2.75, 3.05) is 57.3 Å². The summed E-state index contributed by atoms with van der Waals surface area (Å²) in [5.41, 5.74) is 1.11. The number of aromatic nitrogens is 1. The number of nitrogens with one attached hydrogen (secondary N) is 1. The average molecular weight is 371 g/mol. The molecule has 1 aromatic rings. The smallest absolute Gasteiger partial charge is 0.227 e. The summed E-state index contributed by atoms with van der Waals surface area (Å²) in [4.78, 5) is 36.1. The molecule has 1 aromatic heterocycles. The topological polar surface area (TPSA) is 68.8 Å². The van der Waals surface area contributed by atoms with E-state index in [4.69, 9.17) is 0 Å². The molecule has 0 aliphatic carbocycles. The fourth-order valence-corrected chi connectivity index (χ4v) is 4.50. The number of nitrogens with zero attached hydrogens (tertiary/aromatic N) is 4. The molecule has 2 atom stereocenters. The van der Waals surface area contributed by atoms with Gasteiger partial charge in [0.25, 0.3) is 0 Å². The van der Waals surface area contributed by atoms with Gasteiger partial charge in [-0.1, -0.05) is 0 Å². The minimum atomic E-state index is -0.0831. The number of carbonyl (C=O) groups is 2. The molecule has 3 aliphatic rings. The van der Waals surface area contributed by atoms with Crippen LogP contribution >= 0.6 is 0 Å². The SMILES string of the molecule is O=C([C@@H]1CNC[C@H](C(=O)N2CCCC2)C1)N1CCN(c2cccnc2)CC1. The van der Waals surface area contributed by atoms with Gasteiger partial charge < -0.3 is 20.0 Å². The van der Waals surface area contributed by atoms with Gasteiger partial charge in [-0.15, -0.1) is 0 Å². The van der Waals surface area contributed by atoms with Crippen LogP contribution in [0.4, 0.5) is 5.69 Å². The number of piperazine rings is 1. The molecule has 3 aliphatic heterocycles. The number of anilines is 1. The lowest BCUT2D eigenvalue weighted by Gasteiger charge is -2.39. The molecule has 0 spiro atoms. The molecule has 7 nitrogen and oxygen atoms in total. The lowest BCUT2D eigenvalue weighted by molar-refractivity contribution is -0.140. The van der Waals surface area contributed by atoms with Crippen LogP contribution in [0.5, 0.6) is 0 Å². The van der Waals surface area contributed by atoms with Gasteiger partial charge in [0.1, 0.15) is 0 Å². The van der Waals surface area contributed by atoms with Crippen LogP contribution in [0, 0.1) is 11.8 Å². The van der Waals surface area contributed by atoms with Gasteiger partial charge in [0.2, 0.25) is 11.8 Å². The predicted octanol–water partition coefficient (Wildman–Crippen LogP) is 0.578. The van der Waals surface area contributed by atoms with Gasteiger partial charge in [0, 0.05) is 58.6 Å². The Kier molecular flexibility index (Phi) is 5.57. The Labute approximate surface area is 160 Å². The molecule has 4 heterocycles. The summed E-state index contributed by atoms with van der Waals surface area (Å²) in [5.74, 6) is 0.300. The van der Waals surface area contributed by atoms with Gasteiger partial charge >= 0.3 is 0 Å². The van der Waals surface area contributed by atoms with Crippen LogP contribution in [0.3, 0.4) is 0 Å². The van der Waals surface area contributed by atoms with Gasteiger partial charge in [-0.25, -0.2) is 0 Å². The predicted molar refractivity (Wildman–Crippen MR) is 103 cm³/mol. The molecule has 0 aromatic carbocycles. The molecule has 0 saturated carbocycles. The van der Waals surface area contributed by atoms with Crippen LogP contribution in [0.1, 0.15) is 19.3 Å². The highest BCUT2D eigenvalue weighted by Crippen LogP contribution is 2.24. The number of hydrogen-bond acceptors (Lipinski definition) is 5. The van der Waals surface area contributed by atoms with Gasteiger partial charge in [-0.2, -0.15) is 0 Å². The number of amides is 2. The molecule has 7 heteroatoms. The Morgan fingerprint density at radius 2 is 1.56 bits per heavy atom. The molecule has 1 N–H and O–H groups in total. The second-order valence-electron chi connectivity index (χ2n) is 7.84. The first-order chi connectivity index (χ1) is 13.2. The second-order valence-corrected chi connectivity index (χ2v) is 7.84. The van der Waals surface area contributed by atoms with E-state index >= 15 is 0 Å². The van der Waals surface area contributed by atoms with Crippen LogP contribution in [0.2, 0.25) is 0 Å². The van der Waals surface area contributed by atoms with E-state index in [1.54, 1.807) is 6.20 Å². The first kappa shape index (κ1) is 18.2. The summed E-state index contributed by atoms with van der Waals surface area (Å²) in [6, 6.07) is 4.00. The Morgan fingerprint density at radius 1 is 0.926 bits per heavy atom. The van der Waals surface area contributed by atoms with Crippen LogP contribution in [-0.4, -0.2) is 79.0 Å². The van der Waals surface area contributed by atoms with E-state index in [1.165, 1.54) is 0 Å². The zero-order valence-corrected chi connectivity index (χ0v) is 15.8. The van der Waals surface area contributed by atoms with Crippen LogP contribution in [-0.2, 0) is 9.59 Å². The molecular weight excluding hydrogens is 342 g/mol. The number of hydrogen-bond donors (Lipinski definition) is 1. The molecule has 4 rings (SSSR count). The fourth-order valence-electron chi connectivity index (χ4n) is 4.50. The molecule has 0 radical (unpaired) electrons. The van der Waals surface area contributed by atoms with E-state index in [0.29, 0.717) is 19.5 Å². The minimum absolute atomic E-state index is 0.0533. The first-order valence-electron chi connectivity index (χ1n) is 10.2. The fraction of sp³-hybridized carbons (Fsp3) is 0.650. The van der Waals surface area contributed by atoms with Crippen molar-refractivity contribution in [1.29, 1.82) is 0 Å². The normalized spacial score (nSPS) is 26.3. The lowest BCUT2D eigenvalue weighted by atomic mass is 9.88. The number of pyridine rings is 1. The van der Waals surface area contributed by atoms with E-state index < -0.39 is 0 Å². The number of rotatable bonds is 3. The molecule has 0 unspecified atom stereocenters. The van der Waals surface area contributed by atoms with Crippen LogP contribution in [0.15, 0.2) is 24.5 Å². The second kappa shape index (κ2) is 8.25. The summed E-state index contributed by atoms with van der Waals surface area (Å²) < 4.78 is 0. The largest absolute Gasteiger partial charge is 0.367 e. The molecule has 2 amide bonds. The Hall–Kier alpha value is -2.15. The first-order valence-corrected chi connectivity index (χ1v) is 10.2. The average Bonchev–Trinajstić information content (AvgIpc) is 3.28. The van der Waals surface area contributed by atoms with Gasteiger partial charge in [0.15, 0.2) is 0 Å². The molecular formula is C20H29N5O2. The Morgan fingerprint density at radius 3 is 2.15 bits per heavy atom. The van der Waals surface area contributed by atoms with Crippen LogP contribution in [0.25, 0.3) is 0 Å². The maximum atomic E-state index is 13.0. The van der Waals surface area contributed by atoms with Crippen molar-refractivity contribution < 1.29 is 9.59 Å². The van der Waals surface area contributed by atoms with Crippen molar-refractivity contribution >= 4 is 17.5 Å². The molecule has 27 heavy (non-hydrogen) atoms.